The van der Waals surface area contributed by atoms with Crippen molar-refractivity contribution in [2.24, 2.45) is 0 Å². The monoisotopic (exact) mass is 792 g/mol. The van der Waals surface area contributed by atoms with E-state index in [-0.39, 0.29) is 42.7 Å². The van der Waals surface area contributed by atoms with Gasteiger partial charge in [-0.15, -0.1) is 0 Å². The molecule has 0 saturated carbocycles. The van der Waals surface area contributed by atoms with Gasteiger partial charge in [-0.3, -0.25) is 9.59 Å². The molecule has 0 aliphatic carbocycles. The van der Waals surface area contributed by atoms with Gasteiger partial charge in [0.15, 0.2) is 6.10 Å². The Bertz CT molecular complexity index is 973. The molecule has 2 unspecified atom stereocenters. The maximum atomic E-state index is 12.7. The molecule has 0 spiro atoms. The van der Waals surface area contributed by atoms with Gasteiger partial charge in [-0.05, 0) is 38.5 Å². The number of aliphatic carboxylic acids is 1. The summed E-state index contributed by atoms with van der Waals surface area (Å²) in [4.78, 5) is 36.9. The van der Waals surface area contributed by atoms with Crippen molar-refractivity contribution < 1.29 is 38.2 Å². The van der Waals surface area contributed by atoms with Crippen LogP contribution < -0.4 is 5.11 Å². The number of allylic oxidation sites excluding steroid dienone is 4. The van der Waals surface area contributed by atoms with Crippen molar-refractivity contribution in [3.8, 4) is 0 Å². The van der Waals surface area contributed by atoms with E-state index in [0.29, 0.717) is 12.8 Å². The van der Waals surface area contributed by atoms with Crippen LogP contribution in [0.15, 0.2) is 24.3 Å². The lowest BCUT2D eigenvalue weighted by atomic mass is 10.0. The normalized spacial score (nSPS) is 13.1. The molecule has 2 atom stereocenters. The van der Waals surface area contributed by atoms with Crippen LogP contribution in [0.1, 0.15) is 213 Å². The SMILES string of the molecule is CCCCCC/C=C/C=C/CCCCCCCCCCCCC(=O)OCC(COCCC(C(=O)[O-])[N+](C)(C)C)OC(=O)CCCCCCCCCCCCCC. The number of rotatable bonds is 42. The highest BCUT2D eigenvalue weighted by atomic mass is 16.6. The molecule has 8 heteroatoms. The average molecular weight is 792 g/mol. The van der Waals surface area contributed by atoms with Crippen LogP contribution in [0.3, 0.4) is 0 Å². The van der Waals surface area contributed by atoms with E-state index in [1.165, 1.54) is 141 Å². The van der Waals surface area contributed by atoms with Crippen LogP contribution in [-0.4, -0.2) is 75.5 Å². The highest BCUT2D eigenvalue weighted by Gasteiger charge is 2.25. The molecule has 0 N–H and O–H groups in total. The molecular formula is C48H89NO7. The second kappa shape index (κ2) is 39.6. The molecule has 0 aromatic carbocycles. The van der Waals surface area contributed by atoms with Gasteiger partial charge in [-0.2, -0.15) is 0 Å². The molecule has 0 saturated heterocycles. The Hall–Kier alpha value is -2.19. The standard InChI is InChI=1S/C48H89NO7/c1-6-8-10-12-14-16-18-20-21-22-23-24-25-26-27-29-30-32-34-36-38-46(50)55-43-44(42-54-41-40-45(48(52)53)49(3,4)5)56-47(51)39-37-35-33-31-28-19-17-15-13-11-9-7-2/h16,18,20-21,44-45H,6-15,17,19,22-43H2,1-5H3/b18-16+,21-20+. The highest BCUT2D eigenvalue weighted by molar-refractivity contribution is 5.70. The van der Waals surface area contributed by atoms with Crippen molar-refractivity contribution in [3.05, 3.63) is 24.3 Å². The predicted molar refractivity (Wildman–Crippen MR) is 231 cm³/mol. The molecule has 8 nitrogen and oxygen atoms in total. The molecule has 0 radical (unpaired) electrons. The van der Waals surface area contributed by atoms with Crippen molar-refractivity contribution in [2.75, 3.05) is 41.0 Å². The van der Waals surface area contributed by atoms with Crippen LogP contribution in [-0.2, 0) is 28.6 Å². The Balaban J connectivity index is 4.24. The summed E-state index contributed by atoms with van der Waals surface area (Å²) in [6.45, 7) is 4.66. The van der Waals surface area contributed by atoms with Gasteiger partial charge in [0.25, 0.3) is 0 Å². The Morgan fingerprint density at radius 3 is 1.36 bits per heavy atom. The van der Waals surface area contributed by atoms with Gasteiger partial charge in [-0.25, -0.2) is 0 Å². The topological polar surface area (TPSA) is 102 Å². The Morgan fingerprint density at radius 2 is 0.929 bits per heavy atom. The zero-order valence-corrected chi connectivity index (χ0v) is 37.3. The maximum Gasteiger partial charge on any atom is 0.306 e. The zero-order chi connectivity index (χ0) is 41.4. The van der Waals surface area contributed by atoms with Gasteiger partial charge < -0.3 is 28.6 Å². The number of ether oxygens (including phenoxy) is 3. The van der Waals surface area contributed by atoms with Crippen molar-refractivity contribution in [1.29, 1.82) is 0 Å². The second-order valence-corrected chi connectivity index (χ2v) is 17.0. The molecule has 0 aromatic rings. The summed E-state index contributed by atoms with van der Waals surface area (Å²) < 4.78 is 17.2. The number of carbonyl (C=O) groups excluding carboxylic acids is 3. The zero-order valence-electron chi connectivity index (χ0n) is 37.3. The van der Waals surface area contributed by atoms with Crippen LogP contribution in [0.25, 0.3) is 0 Å². The number of unbranched alkanes of at least 4 members (excludes halogenated alkanes) is 25. The minimum absolute atomic E-state index is 0.0440. The minimum Gasteiger partial charge on any atom is -0.544 e. The lowest BCUT2D eigenvalue weighted by molar-refractivity contribution is -0.889. The summed E-state index contributed by atoms with van der Waals surface area (Å²) in [5.41, 5.74) is 0. The summed E-state index contributed by atoms with van der Waals surface area (Å²) in [6.07, 6.45) is 43.4. The molecular weight excluding hydrogens is 703 g/mol. The number of carbonyl (C=O) groups is 3. The molecule has 0 bridgehead atoms. The molecule has 0 fully saturated rings. The predicted octanol–water partition coefficient (Wildman–Crippen LogP) is 11.5. The second-order valence-electron chi connectivity index (χ2n) is 17.0. The van der Waals surface area contributed by atoms with Crippen LogP contribution in [0.4, 0.5) is 0 Å². The van der Waals surface area contributed by atoms with Gasteiger partial charge in [-0.1, -0.05) is 179 Å². The van der Waals surface area contributed by atoms with E-state index in [1.54, 1.807) is 21.1 Å². The smallest absolute Gasteiger partial charge is 0.306 e. The lowest BCUT2D eigenvalue weighted by Crippen LogP contribution is -2.55. The first-order chi connectivity index (χ1) is 27.1. The molecule has 0 amide bonds. The largest absolute Gasteiger partial charge is 0.544 e. The number of nitrogens with zero attached hydrogens (tertiary/aromatic N) is 1. The fourth-order valence-electron chi connectivity index (χ4n) is 6.94. The molecule has 0 rings (SSSR count). The Kier molecular flexibility index (Phi) is 38.1. The summed E-state index contributed by atoms with van der Waals surface area (Å²) in [7, 11) is 5.41. The first-order valence-electron chi connectivity index (χ1n) is 23.4. The molecule has 0 aromatic heterocycles. The van der Waals surface area contributed by atoms with Gasteiger partial charge in [0.1, 0.15) is 12.6 Å². The third-order valence-corrected chi connectivity index (χ3v) is 10.6. The van der Waals surface area contributed by atoms with Crippen molar-refractivity contribution in [1.82, 2.24) is 0 Å². The Labute approximate surface area is 345 Å². The first kappa shape index (κ1) is 53.8. The number of carboxylic acids is 1. The summed E-state index contributed by atoms with van der Waals surface area (Å²) in [5, 5.41) is 11.6. The Morgan fingerprint density at radius 1 is 0.536 bits per heavy atom. The van der Waals surface area contributed by atoms with E-state index in [2.05, 4.69) is 38.2 Å². The average Bonchev–Trinajstić information content (AvgIpc) is 3.15. The third-order valence-electron chi connectivity index (χ3n) is 10.6. The van der Waals surface area contributed by atoms with Crippen LogP contribution in [0.5, 0.6) is 0 Å². The molecule has 328 valence electrons. The molecule has 0 heterocycles. The van der Waals surface area contributed by atoms with Gasteiger partial charge >= 0.3 is 11.9 Å². The lowest BCUT2D eigenvalue weighted by Gasteiger charge is -2.34. The number of quaternary nitrogens is 1. The number of likely N-dealkylation sites (N-methyl/N-ethyl adjacent to an activating group) is 1. The molecule has 0 aliphatic heterocycles. The van der Waals surface area contributed by atoms with E-state index in [9.17, 15) is 19.5 Å². The summed E-state index contributed by atoms with van der Waals surface area (Å²) in [6, 6.07) is -0.722. The molecule has 56 heavy (non-hydrogen) atoms. The number of carboxylic acid groups (broad SMARTS) is 1. The van der Waals surface area contributed by atoms with E-state index in [4.69, 9.17) is 14.2 Å². The third kappa shape index (κ3) is 37.4. The fourth-order valence-corrected chi connectivity index (χ4v) is 6.94. The summed E-state index contributed by atoms with van der Waals surface area (Å²) in [5.74, 6) is -1.73. The first-order valence-corrected chi connectivity index (χ1v) is 23.4. The van der Waals surface area contributed by atoms with Crippen molar-refractivity contribution >= 4 is 17.9 Å². The van der Waals surface area contributed by atoms with Gasteiger partial charge in [0.05, 0.1) is 40.3 Å². The summed E-state index contributed by atoms with van der Waals surface area (Å²) >= 11 is 0. The minimum atomic E-state index is -1.12. The van der Waals surface area contributed by atoms with E-state index < -0.39 is 18.1 Å². The van der Waals surface area contributed by atoms with E-state index in [1.807, 2.05) is 0 Å². The van der Waals surface area contributed by atoms with E-state index in [0.717, 1.165) is 38.5 Å². The maximum absolute atomic E-state index is 12.7. The molecule has 0 aliphatic rings. The number of hydrogen-bond acceptors (Lipinski definition) is 7. The van der Waals surface area contributed by atoms with Crippen LogP contribution in [0, 0.1) is 0 Å². The number of esters is 2. The van der Waals surface area contributed by atoms with Gasteiger partial charge in [0, 0.05) is 19.3 Å². The van der Waals surface area contributed by atoms with Crippen molar-refractivity contribution in [2.45, 2.75) is 225 Å². The fraction of sp³-hybridized carbons (Fsp3) is 0.854. The van der Waals surface area contributed by atoms with E-state index >= 15 is 0 Å². The van der Waals surface area contributed by atoms with Crippen LogP contribution in [0.2, 0.25) is 0 Å². The van der Waals surface area contributed by atoms with Gasteiger partial charge in [0.2, 0.25) is 0 Å². The number of hydrogen-bond donors (Lipinski definition) is 0. The quantitative estimate of drug-likeness (QED) is 0.0262. The highest BCUT2D eigenvalue weighted by Crippen LogP contribution is 2.15. The van der Waals surface area contributed by atoms with Crippen LogP contribution >= 0.6 is 0 Å². The van der Waals surface area contributed by atoms with Crippen molar-refractivity contribution in [3.63, 3.8) is 0 Å².